The van der Waals surface area contributed by atoms with E-state index in [2.05, 4.69) is 15.9 Å². The first kappa shape index (κ1) is 11.6. The largest absolute Gasteiger partial charge is 0.477 e. The van der Waals surface area contributed by atoms with Crippen LogP contribution in [0.25, 0.3) is 0 Å². The second-order valence-electron chi connectivity index (χ2n) is 3.01. The van der Waals surface area contributed by atoms with E-state index in [-0.39, 0.29) is 16.6 Å². The first-order chi connectivity index (χ1) is 6.97. The van der Waals surface area contributed by atoms with Gasteiger partial charge >= 0.3 is 5.97 Å². The van der Waals surface area contributed by atoms with Crippen LogP contribution in [0.3, 0.4) is 0 Å². The predicted molar refractivity (Wildman–Crippen MR) is 57.4 cm³/mol. The zero-order valence-corrected chi connectivity index (χ0v) is 9.44. The molecule has 0 atom stereocenters. The molecule has 6 heteroatoms. The highest BCUT2D eigenvalue weighted by Crippen LogP contribution is 2.26. The number of carboxylic acids is 1. The van der Waals surface area contributed by atoms with Gasteiger partial charge in [0.15, 0.2) is 0 Å². The second-order valence-corrected chi connectivity index (χ2v) is 3.57. The van der Waals surface area contributed by atoms with Crippen molar-refractivity contribution in [3.63, 3.8) is 0 Å². The average Bonchev–Trinajstić information content (AvgIpc) is 2.15. The zero-order chi connectivity index (χ0) is 11.6. The molecule has 1 aromatic rings. The monoisotopic (exact) mass is 273 g/mol. The number of halogens is 1. The fourth-order valence-electron chi connectivity index (χ4n) is 1.34. The molecule has 80 valence electrons. The van der Waals surface area contributed by atoms with Crippen LogP contribution in [0.1, 0.15) is 21.5 Å². The van der Waals surface area contributed by atoms with Gasteiger partial charge in [0.25, 0.3) is 5.69 Å². The molecule has 0 amide bonds. The minimum Gasteiger partial charge on any atom is -0.477 e. The van der Waals surface area contributed by atoms with Gasteiger partial charge in [-0.3, -0.25) is 10.1 Å². The molecule has 0 saturated carbocycles. The number of nitro benzene ring substituents is 1. The third-order valence-corrected chi connectivity index (χ3v) is 2.50. The highest BCUT2D eigenvalue weighted by molar-refractivity contribution is 9.08. The molecule has 0 heterocycles. The lowest BCUT2D eigenvalue weighted by molar-refractivity contribution is -0.385. The molecule has 0 aliphatic carbocycles. The van der Waals surface area contributed by atoms with Crippen molar-refractivity contribution >= 4 is 27.6 Å². The Kier molecular flexibility index (Phi) is 3.41. The maximum Gasteiger partial charge on any atom is 0.343 e. The molecule has 0 radical (unpaired) electrons. The van der Waals surface area contributed by atoms with Gasteiger partial charge in [-0.1, -0.05) is 22.0 Å². The maximum absolute atomic E-state index is 10.9. The number of benzene rings is 1. The number of aryl methyl sites for hydroxylation is 1. The molecular formula is C9H8BrNO4. The Morgan fingerprint density at radius 1 is 1.60 bits per heavy atom. The van der Waals surface area contributed by atoms with Gasteiger partial charge in [0, 0.05) is 11.4 Å². The van der Waals surface area contributed by atoms with E-state index in [1.807, 2.05) is 0 Å². The van der Waals surface area contributed by atoms with Crippen molar-refractivity contribution < 1.29 is 14.8 Å². The summed E-state index contributed by atoms with van der Waals surface area (Å²) in [5.74, 6) is -1.28. The van der Waals surface area contributed by atoms with E-state index in [4.69, 9.17) is 5.11 Å². The van der Waals surface area contributed by atoms with Crippen molar-refractivity contribution in [3.05, 3.63) is 38.9 Å². The van der Waals surface area contributed by atoms with Crippen LogP contribution in [0.5, 0.6) is 0 Å². The van der Waals surface area contributed by atoms with E-state index in [1.165, 1.54) is 6.07 Å². The van der Waals surface area contributed by atoms with Crippen LogP contribution in [0, 0.1) is 17.0 Å². The normalized spacial score (nSPS) is 10.0. The van der Waals surface area contributed by atoms with Crippen molar-refractivity contribution in [2.24, 2.45) is 0 Å². The van der Waals surface area contributed by atoms with Gasteiger partial charge in [-0.05, 0) is 18.1 Å². The summed E-state index contributed by atoms with van der Waals surface area (Å²) in [6.45, 7) is 1.69. The molecular weight excluding hydrogens is 266 g/mol. The quantitative estimate of drug-likeness (QED) is 0.521. The number of nitro groups is 1. The van der Waals surface area contributed by atoms with E-state index in [9.17, 15) is 14.9 Å². The molecule has 1 aromatic carbocycles. The Morgan fingerprint density at radius 3 is 2.60 bits per heavy atom. The van der Waals surface area contributed by atoms with Crippen LogP contribution >= 0.6 is 15.9 Å². The zero-order valence-electron chi connectivity index (χ0n) is 7.86. The second kappa shape index (κ2) is 4.39. The van der Waals surface area contributed by atoms with Crippen LogP contribution in [0.2, 0.25) is 0 Å². The van der Waals surface area contributed by atoms with Gasteiger partial charge in [0.1, 0.15) is 5.56 Å². The third-order valence-electron chi connectivity index (χ3n) is 1.90. The summed E-state index contributed by atoms with van der Waals surface area (Å²) in [7, 11) is 0. The topological polar surface area (TPSA) is 80.4 Å². The van der Waals surface area contributed by atoms with E-state index < -0.39 is 10.9 Å². The Balaban J connectivity index is 3.54. The van der Waals surface area contributed by atoms with Crippen molar-refractivity contribution in [2.45, 2.75) is 12.3 Å². The van der Waals surface area contributed by atoms with Crippen LogP contribution < -0.4 is 0 Å². The van der Waals surface area contributed by atoms with E-state index in [1.54, 1.807) is 13.0 Å². The number of carbonyl (C=O) groups is 1. The molecule has 15 heavy (non-hydrogen) atoms. The molecule has 5 nitrogen and oxygen atoms in total. The smallest absolute Gasteiger partial charge is 0.343 e. The van der Waals surface area contributed by atoms with E-state index in [0.29, 0.717) is 11.1 Å². The molecule has 0 spiro atoms. The van der Waals surface area contributed by atoms with Gasteiger partial charge in [-0.2, -0.15) is 0 Å². The van der Waals surface area contributed by atoms with Crippen LogP contribution in [0.4, 0.5) is 5.69 Å². The Morgan fingerprint density at radius 2 is 2.20 bits per heavy atom. The number of alkyl halides is 1. The number of aromatic carboxylic acids is 1. The lowest BCUT2D eigenvalue weighted by Gasteiger charge is -2.05. The summed E-state index contributed by atoms with van der Waals surface area (Å²) in [5.41, 5.74) is 0.467. The van der Waals surface area contributed by atoms with Crippen LogP contribution in [-0.2, 0) is 5.33 Å². The lowest BCUT2D eigenvalue weighted by atomic mass is 10.0. The summed E-state index contributed by atoms with van der Waals surface area (Å²) in [6.07, 6.45) is 0. The van der Waals surface area contributed by atoms with Gasteiger partial charge in [0.05, 0.1) is 4.92 Å². The predicted octanol–water partition coefficient (Wildman–Crippen LogP) is 2.50. The standard InChI is InChI=1S/C9H8BrNO4/c1-5-2-6(4-10)8(9(12)13)7(3-5)11(14)15/h2-3H,4H2,1H3,(H,12,13). The van der Waals surface area contributed by atoms with Crippen molar-refractivity contribution in [3.8, 4) is 0 Å². The summed E-state index contributed by atoms with van der Waals surface area (Å²) < 4.78 is 0. The summed E-state index contributed by atoms with van der Waals surface area (Å²) in [6, 6.07) is 2.88. The molecule has 1 N–H and O–H groups in total. The Bertz CT molecular complexity index is 430. The van der Waals surface area contributed by atoms with Gasteiger partial charge in [-0.25, -0.2) is 4.79 Å². The van der Waals surface area contributed by atoms with Crippen LogP contribution in [0.15, 0.2) is 12.1 Å². The number of nitrogens with zero attached hydrogens (tertiary/aromatic N) is 1. The van der Waals surface area contributed by atoms with Gasteiger partial charge < -0.3 is 5.11 Å². The highest BCUT2D eigenvalue weighted by atomic mass is 79.9. The maximum atomic E-state index is 10.9. The SMILES string of the molecule is Cc1cc(CBr)c(C(=O)O)c([N+](=O)[O-])c1. The van der Waals surface area contributed by atoms with Crippen molar-refractivity contribution in [1.82, 2.24) is 0 Å². The molecule has 0 unspecified atom stereocenters. The van der Waals surface area contributed by atoms with E-state index >= 15 is 0 Å². The Labute approximate surface area is 94.0 Å². The number of hydrogen-bond donors (Lipinski definition) is 1. The summed E-state index contributed by atoms with van der Waals surface area (Å²) in [4.78, 5) is 20.9. The number of rotatable bonds is 3. The number of hydrogen-bond acceptors (Lipinski definition) is 3. The third kappa shape index (κ3) is 2.33. The molecule has 0 saturated heterocycles. The van der Waals surface area contributed by atoms with Crippen molar-refractivity contribution in [2.75, 3.05) is 0 Å². The molecule has 0 aliphatic rings. The van der Waals surface area contributed by atoms with E-state index in [0.717, 1.165) is 0 Å². The molecule has 0 aliphatic heterocycles. The minimum atomic E-state index is -1.28. The summed E-state index contributed by atoms with van der Waals surface area (Å²) >= 11 is 3.11. The first-order valence-electron chi connectivity index (χ1n) is 4.04. The molecule has 0 aromatic heterocycles. The fourth-order valence-corrected chi connectivity index (χ4v) is 1.78. The Hall–Kier alpha value is -1.43. The minimum absolute atomic E-state index is 0.248. The lowest BCUT2D eigenvalue weighted by Crippen LogP contribution is -2.06. The number of carboxylic acid groups (broad SMARTS) is 1. The first-order valence-corrected chi connectivity index (χ1v) is 5.16. The average molecular weight is 274 g/mol. The highest BCUT2D eigenvalue weighted by Gasteiger charge is 2.23. The fraction of sp³-hybridized carbons (Fsp3) is 0.222. The summed E-state index contributed by atoms with van der Waals surface area (Å²) in [5, 5.41) is 19.8. The molecule has 1 rings (SSSR count). The molecule has 0 fully saturated rings. The van der Waals surface area contributed by atoms with Gasteiger partial charge in [0.2, 0.25) is 0 Å². The van der Waals surface area contributed by atoms with Crippen molar-refractivity contribution in [1.29, 1.82) is 0 Å². The van der Waals surface area contributed by atoms with Gasteiger partial charge in [-0.15, -0.1) is 0 Å². The molecule has 0 bridgehead atoms. The van der Waals surface area contributed by atoms with Crippen LogP contribution in [-0.4, -0.2) is 16.0 Å².